The number of hydrogen-bond donors (Lipinski definition) is 1. The lowest BCUT2D eigenvalue weighted by atomic mass is 10.0. The van der Waals surface area contributed by atoms with E-state index in [1.165, 1.54) is 5.56 Å². The molecule has 1 aromatic heterocycles. The van der Waals surface area contributed by atoms with Crippen molar-refractivity contribution in [3.05, 3.63) is 58.4 Å². The zero-order valence-corrected chi connectivity index (χ0v) is 12.4. The Balaban J connectivity index is 2.21. The van der Waals surface area contributed by atoms with Gasteiger partial charge in [0.2, 0.25) is 0 Å². The zero-order valence-electron chi connectivity index (χ0n) is 11.6. The Morgan fingerprint density at radius 3 is 2.70 bits per heavy atom. The predicted molar refractivity (Wildman–Crippen MR) is 80.3 cm³/mol. The van der Waals surface area contributed by atoms with E-state index in [2.05, 4.69) is 11.9 Å². The summed E-state index contributed by atoms with van der Waals surface area (Å²) in [5, 5.41) is 10.9. The molecular formula is C16H18ClNO2. The quantitative estimate of drug-likeness (QED) is 0.915. The smallest absolute Gasteiger partial charge is 0.126 e. The topological polar surface area (TPSA) is 42.4 Å². The number of ether oxygens (including phenoxy) is 1. The molecule has 0 radical (unpaired) electrons. The highest BCUT2D eigenvalue weighted by atomic mass is 35.5. The first-order chi connectivity index (χ1) is 9.65. The number of benzene rings is 1. The molecule has 0 bridgehead atoms. The van der Waals surface area contributed by atoms with Crippen LogP contribution in [0.2, 0.25) is 5.02 Å². The fourth-order valence-electron chi connectivity index (χ4n) is 2.10. The third kappa shape index (κ3) is 3.30. The molecule has 3 nitrogen and oxygen atoms in total. The molecule has 0 spiro atoms. The molecule has 106 valence electrons. The van der Waals surface area contributed by atoms with Crippen molar-refractivity contribution in [1.82, 2.24) is 4.98 Å². The zero-order chi connectivity index (χ0) is 14.5. The number of methoxy groups -OCH3 is 1. The van der Waals surface area contributed by atoms with Crippen molar-refractivity contribution in [2.45, 2.75) is 25.9 Å². The Bertz CT molecular complexity index is 569. The Morgan fingerprint density at radius 2 is 2.10 bits per heavy atom. The number of rotatable bonds is 5. The van der Waals surface area contributed by atoms with Crippen molar-refractivity contribution < 1.29 is 9.84 Å². The normalized spacial score (nSPS) is 12.2. The lowest BCUT2D eigenvalue weighted by molar-refractivity contribution is 0.173. The summed E-state index contributed by atoms with van der Waals surface area (Å²) >= 11 is 6.16. The van der Waals surface area contributed by atoms with Gasteiger partial charge < -0.3 is 9.84 Å². The van der Waals surface area contributed by atoms with E-state index in [4.69, 9.17) is 16.3 Å². The maximum atomic E-state index is 10.4. The van der Waals surface area contributed by atoms with Crippen LogP contribution >= 0.6 is 11.6 Å². The lowest BCUT2D eigenvalue weighted by Gasteiger charge is -2.16. The first kappa shape index (κ1) is 14.8. The van der Waals surface area contributed by atoms with Gasteiger partial charge in [0, 0.05) is 23.9 Å². The molecule has 0 amide bonds. The second-order valence-corrected chi connectivity index (χ2v) is 4.99. The Morgan fingerprint density at radius 1 is 1.30 bits per heavy atom. The molecule has 1 heterocycles. The van der Waals surface area contributed by atoms with Gasteiger partial charge in [-0.1, -0.05) is 30.7 Å². The standard InChI is InChI=1S/C16H18ClNO2/c1-3-11-7-8-12(18-10-11)9-14(19)16-13(17)5-4-6-15(16)20-2/h4-8,10,14,19H,3,9H2,1-2H3. The van der Waals surface area contributed by atoms with Crippen LogP contribution in [0.4, 0.5) is 0 Å². The van der Waals surface area contributed by atoms with E-state index in [0.29, 0.717) is 22.8 Å². The summed E-state index contributed by atoms with van der Waals surface area (Å²) < 4.78 is 5.26. The fourth-order valence-corrected chi connectivity index (χ4v) is 2.40. The van der Waals surface area contributed by atoms with E-state index in [1.807, 2.05) is 18.3 Å². The van der Waals surface area contributed by atoms with Crippen LogP contribution in [0.5, 0.6) is 5.75 Å². The minimum Gasteiger partial charge on any atom is -0.496 e. The van der Waals surface area contributed by atoms with Crippen LogP contribution in [-0.2, 0) is 12.8 Å². The summed E-state index contributed by atoms with van der Waals surface area (Å²) in [4.78, 5) is 4.36. The molecule has 1 N–H and O–H groups in total. The molecule has 0 saturated heterocycles. The predicted octanol–water partition coefficient (Wildman–Crippen LogP) is 3.58. The summed E-state index contributed by atoms with van der Waals surface area (Å²) in [6.45, 7) is 2.08. The molecule has 0 aliphatic carbocycles. The molecule has 0 fully saturated rings. The highest BCUT2D eigenvalue weighted by molar-refractivity contribution is 6.31. The van der Waals surface area contributed by atoms with Gasteiger partial charge in [0.05, 0.1) is 18.2 Å². The van der Waals surface area contributed by atoms with Crippen molar-refractivity contribution in [3.8, 4) is 5.75 Å². The van der Waals surface area contributed by atoms with Gasteiger partial charge in [0.25, 0.3) is 0 Å². The number of aliphatic hydroxyl groups excluding tert-OH is 1. The molecule has 0 aliphatic heterocycles. The first-order valence-corrected chi connectivity index (χ1v) is 6.97. The van der Waals surface area contributed by atoms with Crippen LogP contribution in [0.15, 0.2) is 36.5 Å². The molecule has 0 aliphatic rings. The lowest BCUT2D eigenvalue weighted by Crippen LogP contribution is -2.06. The van der Waals surface area contributed by atoms with Crippen molar-refractivity contribution >= 4 is 11.6 Å². The summed E-state index contributed by atoms with van der Waals surface area (Å²) in [5.41, 5.74) is 2.62. The second kappa shape index (κ2) is 6.73. The van der Waals surface area contributed by atoms with Crippen LogP contribution in [0.1, 0.15) is 29.8 Å². The molecule has 0 saturated carbocycles. The van der Waals surface area contributed by atoms with Gasteiger partial charge in [-0.05, 0) is 30.2 Å². The van der Waals surface area contributed by atoms with Gasteiger partial charge in [0.1, 0.15) is 5.75 Å². The minimum atomic E-state index is -0.737. The second-order valence-electron chi connectivity index (χ2n) is 4.59. The molecule has 20 heavy (non-hydrogen) atoms. The third-order valence-electron chi connectivity index (χ3n) is 3.26. The Kier molecular flexibility index (Phi) is 4.99. The maximum absolute atomic E-state index is 10.4. The number of aryl methyl sites for hydroxylation is 1. The van der Waals surface area contributed by atoms with E-state index in [1.54, 1.807) is 25.3 Å². The van der Waals surface area contributed by atoms with Gasteiger partial charge in [-0.2, -0.15) is 0 Å². The third-order valence-corrected chi connectivity index (χ3v) is 3.59. The average Bonchev–Trinajstić information content (AvgIpc) is 2.47. The van der Waals surface area contributed by atoms with Crippen LogP contribution in [0, 0.1) is 0 Å². The Labute approximate surface area is 124 Å². The maximum Gasteiger partial charge on any atom is 0.126 e. The molecular weight excluding hydrogens is 274 g/mol. The summed E-state index contributed by atoms with van der Waals surface area (Å²) in [6.07, 6.45) is 2.46. The van der Waals surface area contributed by atoms with Gasteiger partial charge in [-0.25, -0.2) is 0 Å². The molecule has 1 atom stereocenters. The van der Waals surface area contributed by atoms with Gasteiger partial charge in [0.15, 0.2) is 0 Å². The largest absolute Gasteiger partial charge is 0.496 e. The summed E-state index contributed by atoms with van der Waals surface area (Å²) in [6, 6.07) is 9.30. The molecule has 1 unspecified atom stereocenters. The number of pyridine rings is 1. The highest BCUT2D eigenvalue weighted by Gasteiger charge is 2.17. The van der Waals surface area contributed by atoms with Crippen molar-refractivity contribution in [2.24, 2.45) is 0 Å². The number of aromatic nitrogens is 1. The first-order valence-electron chi connectivity index (χ1n) is 6.60. The monoisotopic (exact) mass is 291 g/mol. The van der Waals surface area contributed by atoms with Crippen molar-refractivity contribution in [1.29, 1.82) is 0 Å². The van der Waals surface area contributed by atoms with E-state index >= 15 is 0 Å². The van der Waals surface area contributed by atoms with Gasteiger partial charge >= 0.3 is 0 Å². The van der Waals surface area contributed by atoms with Crippen LogP contribution in [0.3, 0.4) is 0 Å². The van der Waals surface area contributed by atoms with Crippen LogP contribution in [-0.4, -0.2) is 17.2 Å². The molecule has 2 rings (SSSR count). The van der Waals surface area contributed by atoms with E-state index < -0.39 is 6.10 Å². The fraction of sp³-hybridized carbons (Fsp3) is 0.312. The van der Waals surface area contributed by atoms with Crippen LogP contribution < -0.4 is 4.74 Å². The van der Waals surface area contributed by atoms with Crippen molar-refractivity contribution in [2.75, 3.05) is 7.11 Å². The number of nitrogens with zero attached hydrogens (tertiary/aromatic N) is 1. The minimum absolute atomic E-state index is 0.407. The molecule has 2 aromatic rings. The van der Waals surface area contributed by atoms with Crippen LogP contribution in [0.25, 0.3) is 0 Å². The summed E-state index contributed by atoms with van der Waals surface area (Å²) in [5.74, 6) is 0.593. The number of aliphatic hydroxyl groups is 1. The van der Waals surface area contributed by atoms with E-state index in [-0.39, 0.29) is 0 Å². The molecule has 1 aromatic carbocycles. The summed E-state index contributed by atoms with van der Waals surface area (Å²) in [7, 11) is 1.57. The van der Waals surface area contributed by atoms with Gasteiger partial charge in [-0.3, -0.25) is 4.98 Å². The number of hydrogen-bond acceptors (Lipinski definition) is 3. The highest BCUT2D eigenvalue weighted by Crippen LogP contribution is 2.33. The average molecular weight is 292 g/mol. The Hall–Kier alpha value is -1.58. The number of halogens is 1. The van der Waals surface area contributed by atoms with Crippen molar-refractivity contribution in [3.63, 3.8) is 0 Å². The van der Waals surface area contributed by atoms with E-state index in [0.717, 1.165) is 12.1 Å². The van der Waals surface area contributed by atoms with Gasteiger partial charge in [-0.15, -0.1) is 0 Å². The van der Waals surface area contributed by atoms with E-state index in [9.17, 15) is 5.11 Å². The molecule has 4 heteroatoms. The SMILES string of the molecule is CCc1ccc(CC(O)c2c(Cl)cccc2OC)nc1.